The quantitative estimate of drug-likeness (QED) is 0.874. The zero-order chi connectivity index (χ0) is 13.9. The second kappa shape index (κ2) is 5.77. The molecule has 1 heterocycles. The molecule has 1 aromatic rings. The number of nitrogens with one attached hydrogen (secondary N) is 2. The molecule has 0 aromatic heterocycles. The van der Waals surface area contributed by atoms with E-state index in [0.29, 0.717) is 23.7 Å². The predicted octanol–water partition coefficient (Wildman–Crippen LogP) is 1.15. The maximum atomic E-state index is 11.7. The smallest absolute Gasteiger partial charge is 0.323 e. The van der Waals surface area contributed by atoms with Crippen LogP contribution in [0.3, 0.4) is 0 Å². The molecule has 0 radical (unpaired) electrons. The fourth-order valence-corrected chi connectivity index (χ4v) is 2.71. The molecule has 104 valence electrons. The van der Waals surface area contributed by atoms with Gasteiger partial charge in [-0.25, -0.2) is 4.72 Å². The molecule has 1 aromatic carbocycles. The van der Waals surface area contributed by atoms with Crippen molar-refractivity contribution >= 4 is 33.4 Å². The molecule has 0 saturated carbocycles. The lowest BCUT2D eigenvalue weighted by molar-refractivity contribution is -0.123. The normalized spacial score (nSPS) is 19.1. The zero-order valence-corrected chi connectivity index (χ0v) is 11.5. The topological polar surface area (TPSA) is 84.5 Å². The van der Waals surface area contributed by atoms with Gasteiger partial charge in [-0.3, -0.25) is 9.52 Å². The average molecular weight is 305 g/mol. The summed E-state index contributed by atoms with van der Waals surface area (Å²) in [5.74, 6) is -0.972. The highest BCUT2D eigenvalue weighted by atomic mass is 35.5. The van der Waals surface area contributed by atoms with Gasteiger partial charge in [0.2, 0.25) is 5.91 Å². The Kier molecular flexibility index (Phi) is 4.28. The Labute approximate surface area is 116 Å². The van der Waals surface area contributed by atoms with Crippen LogP contribution in [0.5, 0.6) is 0 Å². The lowest BCUT2D eigenvalue weighted by Crippen LogP contribution is -2.39. The molecule has 19 heavy (non-hydrogen) atoms. The monoisotopic (exact) mass is 304 g/mol. The highest BCUT2D eigenvalue weighted by molar-refractivity contribution is 7.91. The van der Waals surface area contributed by atoms with Crippen molar-refractivity contribution in [1.29, 1.82) is 0 Å². The van der Waals surface area contributed by atoms with Crippen LogP contribution in [0.4, 0.5) is 5.69 Å². The SMILES string of the molecule is O=C(NS(=O)(=O)Nc1ccc(Cl)cc1)[C@@H]1CCOC1. The zero-order valence-electron chi connectivity index (χ0n) is 9.93. The first-order valence-corrected chi connectivity index (χ1v) is 7.50. The van der Waals surface area contributed by atoms with Crippen LogP contribution < -0.4 is 9.44 Å². The molecule has 2 N–H and O–H groups in total. The van der Waals surface area contributed by atoms with Crippen LogP contribution in [-0.2, 0) is 19.7 Å². The number of carbonyl (C=O) groups is 1. The number of rotatable bonds is 4. The number of amides is 1. The van der Waals surface area contributed by atoms with Gasteiger partial charge in [0.15, 0.2) is 0 Å². The van der Waals surface area contributed by atoms with Gasteiger partial charge in [-0.05, 0) is 30.7 Å². The lowest BCUT2D eigenvalue weighted by Gasteiger charge is -2.11. The van der Waals surface area contributed by atoms with Crippen molar-refractivity contribution < 1.29 is 17.9 Å². The van der Waals surface area contributed by atoms with Gasteiger partial charge < -0.3 is 4.74 Å². The van der Waals surface area contributed by atoms with Crippen LogP contribution in [0, 0.1) is 5.92 Å². The molecule has 0 aliphatic carbocycles. The van der Waals surface area contributed by atoms with Crippen LogP contribution in [0.1, 0.15) is 6.42 Å². The highest BCUT2D eigenvalue weighted by Crippen LogP contribution is 2.15. The fraction of sp³-hybridized carbons (Fsp3) is 0.364. The third-order valence-corrected chi connectivity index (χ3v) is 3.86. The van der Waals surface area contributed by atoms with E-state index < -0.39 is 22.0 Å². The standard InChI is InChI=1S/C11H13ClN2O4S/c12-9-1-3-10(4-2-9)13-19(16,17)14-11(15)8-5-6-18-7-8/h1-4,8,13H,5-7H2,(H,14,15)/t8-/m1/s1. The number of hydrogen-bond acceptors (Lipinski definition) is 4. The summed E-state index contributed by atoms with van der Waals surface area (Å²) < 4.78 is 32.7. The molecule has 1 fully saturated rings. The molecule has 0 spiro atoms. The van der Waals surface area contributed by atoms with Crippen LogP contribution in [0.15, 0.2) is 24.3 Å². The third kappa shape index (κ3) is 4.09. The minimum Gasteiger partial charge on any atom is -0.381 e. The maximum Gasteiger partial charge on any atom is 0.323 e. The van der Waals surface area contributed by atoms with Crippen molar-refractivity contribution in [3.8, 4) is 0 Å². The van der Waals surface area contributed by atoms with Crippen molar-refractivity contribution in [3.05, 3.63) is 29.3 Å². The Balaban J connectivity index is 1.98. The molecule has 1 saturated heterocycles. The summed E-state index contributed by atoms with van der Waals surface area (Å²) in [4.78, 5) is 11.7. The van der Waals surface area contributed by atoms with E-state index in [1.54, 1.807) is 12.1 Å². The Morgan fingerprint density at radius 1 is 1.32 bits per heavy atom. The molecule has 1 aliphatic heterocycles. The molecule has 2 rings (SSSR count). The molecule has 0 bridgehead atoms. The van der Waals surface area contributed by atoms with Crippen molar-refractivity contribution in [2.75, 3.05) is 17.9 Å². The second-order valence-corrected chi connectivity index (χ2v) is 5.99. The fourth-order valence-electron chi connectivity index (χ4n) is 1.66. The largest absolute Gasteiger partial charge is 0.381 e. The summed E-state index contributed by atoms with van der Waals surface area (Å²) in [5, 5.41) is 0.495. The first-order chi connectivity index (χ1) is 8.96. The van der Waals surface area contributed by atoms with Gasteiger partial charge in [-0.15, -0.1) is 0 Å². The van der Waals surface area contributed by atoms with E-state index >= 15 is 0 Å². The van der Waals surface area contributed by atoms with Gasteiger partial charge in [0.05, 0.1) is 18.2 Å². The summed E-state index contributed by atoms with van der Waals surface area (Å²) in [6.45, 7) is 0.727. The van der Waals surface area contributed by atoms with Gasteiger partial charge >= 0.3 is 10.2 Å². The van der Waals surface area contributed by atoms with Gasteiger partial charge in [-0.1, -0.05) is 11.6 Å². The molecule has 8 heteroatoms. The lowest BCUT2D eigenvalue weighted by atomic mass is 10.1. The molecular formula is C11H13ClN2O4S. The Morgan fingerprint density at radius 2 is 2.00 bits per heavy atom. The van der Waals surface area contributed by atoms with Crippen LogP contribution in [-0.4, -0.2) is 27.5 Å². The van der Waals surface area contributed by atoms with Crippen LogP contribution in [0.25, 0.3) is 0 Å². The van der Waals surface area contributed by atoms with E-state index in [-0.39, 0.29) is 6.61 Å². The van der Waals surface area contributed by atoms with Gasteiger partial charge in [0, 0.05) is 11.6 Å². The summed E-state index contributed by atoms with van der Waals surface area (Å²) in [7, 11) is -3.93. The molecule has 1 aliphatic rings. The Morgan fingerprint density at radius 3 is 2.58 bits per heavy atom. The van der Waals surface area contributed by atoms with E-state index in [4.69, 9.17) is 16.3 Å². The second-order valence-electron chi connectivity index (χ2n) is 4.14. The number of ether oxygens (including phenoxy) is 1. The van der Waals surface area contributed by atoms with E-state index in [2.05, 4.69) is 4.72 Å². The third-order valence-electron chi connectivity index (χ3n) is 2.63. The van der Waals surface area contributed by atoms with Crippen molar-refractivity contribution in [1.82, 2.24) is 4.72 Å². The van der Waals surface area contributed by atoms with Gasteiger partial charge in [-0.2, -0.15) is 8.42 Å². The number of anilines is 1. The minimum absolute atomic E-state index is 0.252. The molecular weight excluding hydrogens is 292 g/mol. The molecule has 1 atom stereocenters. The Hall–Kier alpha value is -1.31. The maximum absolute atomic E-state index is 11.7. The Bertz CT molecular complexity index is 553. The summed E-state index contributed by atoms with van der Waals surface area (Å²) in [5.41, 5.74) is 0.326. The van der Waals surface area contributed by atoms with Crippen LogP contribution >= 0.6 is 11.6 Å². The van der Waals surface area contributed by atoms with E-state index in [0.717, 1.165) is 0 Å². The van der Waals surface area contributed by atoms with Crippen LogP contribution in [0.2, 0.25) is 5.02 Å². The molecule has 0 unspecified atom stereocenters. The van der Waals surface area contributed by atoms with Gasteiger partial charge in [0.25, 0.3) is 0 Å². The number of hydrogen-bond donors (Lipinski definition) is 2. The number of halogens is 1. The first kappa shape index (κ1) is 14.1. The number of benzene rings is 1. The summed E-state index contributed by atoms with van der Waals surface area (Å²) in [6, 6.07) is 6.10. The van der Waals surface area contributed by atoms with E-state index in [9.17, 15) is 13.2 Å². The predicted molar refractivity (Wildman–Crippen MR) is 71.1 cm³/mol. The number of carbonyl (C=O) groups excluding carboxylic acids is 1. The molecule has 6 nitrogen and oxygen atoms in total. The molecule has 1 amide bonds. The highest BCUT2D eigenvalue weighted by Gasteiger charge is 2.26. The minimum atomic E-state index is -3.93. The average Bonchev–Trinajstić information content (AvgIpc) is 2.85. The summed E-state index contributed by atoms with van der Waals surface area (Å²) >= 11 is 5.69. The summed E-state index contributed by atoms with van der Waals surface area (Å²) in [6.07, 6.45) is 0.530. The van der Waals surface area contributed by atoms with Crippen molar-refractivity contribution in [3.63, 3.8) is 0 Å². The van der Waals surface area contributed by atoms with E-state index in [1.165, 1.54) is 12.1 Å². The van der Waals surface area contributed by atoms with Gasteiger partial charge in [0.1, 0.15) is 0 Å². The van der Waals surface area contributed by atoms with E-state index in [1.807, 2.05) is 4.72 Å². The first-order valence-electron chi connectivity index (χ1n) is 5.64. The van der Waals surface area contributed by atoms with Crippen molar-refractivity contribution in [2.24, 2.45) is 5.92 Å². The van der Waals surface area contributed by atoms with Crippen molar-refractivity contribution in [2.45, 2.75) is 6.42 Å².